The highest BCUT2D eigenvalue weighted by atomic mass is 16.3. The van der Waals surface area contributed by atoms with E-state index in [1.807, 2.05) is 48.5 Å². The molecule has 0 saturated carbocycles. The van der Waals surface area contributed by atoms with E-state index in [4.69, 9.17) is 4.98 Å². The van der Waals surface area contributed by atoms with Crippen LogP contribution in [0.5, 0.6) is 0 Å². The largest absolute Gasteiger partial charge is 0.387 e. The summed E-state index contributed by atoms with van der Waals surface area (Å²) < 4.78 is 0. The van der Waals surface area contributed by atoms with Crippen LogP contribution in [-0.4, -0.2) is 34.6 Å². The molecule has 26 heavy (non-hydrogen) atoms. The van der Waals surface area contributed by atoms with Crippen molar-refractivity contribution in [3.63, 3.8) is 0 Å². The summed E-state index contributed by atoms with van der Waals surface area (Å²) in [6.07, 6.45) is -0.539. The molecule has 1 atom stereocenters. The lowest BCUT2D eigenvalue weighted by molar-refractivity contribution is 0.119. The summed E-state index contributed by atoms with van der Waals surface area (Å²) >= 11 is 0. The molecule has 134 valence electrons. The third-order valence-corrected chi connectivity index (χ3v) is 4.70. The van der Waals surface area contributed by atoms with Crippen LogP contribution in [0.2, 0.25) is 0 Å². The zero-order valence-corrected chi connectivity index (χ0v) is 15.5. The second kappa shape index (κ2) is 8.75. The van der Waals surface area contributed by atoms with Gasteiger partial charge < -0.3 is 10.0 Å². The third-order valence-electron chi connectivity index (χ3n) is 4.70. The Balaban J connectivity index is 2.03. The van der Waals surface area contributed by atoms with Crippen molar-refractivity contribution in [2.24, 2.45) is 0 Å². The smallest absolute Gasteiger partial charge is 0.0918 e. The van der Waals surface area contributed by atoms with Crippen molar-refractivity contribution < 1.29 is 5.11 Å². The third kappa shape index (κ3) is 4.37. The van der Waals surface area contributed by atoms with Crippen LogP contribution in [0.1, 0.15) is 25.5 Å². The summed E-state index contributed by atoms with van der Waals surface area (Å²) in [5.41, 5.74) is 4.80. The molecule has 2 aromatic carbocycles. The molecule has 0 bridgehead atoms. The van der Waals surface area contributed by atoms with Gasteiger partial charge in [0.05, 0.1) is 17.5 Å². The van der Waals surface area contributed by atoms with E-state index in [2.05, 4.69) is 43.0 Å². The number of aromatic nitrogens is 1. The molecule has 0 amide bonds. The van der Waals surface area contributed by atoms with Crippen molar-refractivity contribution in [3.8, 4) is 22.5 Å². The molecular formula is C23H26N2O. The van der Waals surface area contributed by atoms with Gasteiger partial charge in [0, 0.05) is 17.7 Å². The lowest BCUT2D eigenvalue weighted by Gasteiger charge is -2.22. The van der Waals surface area contributed by atoms with Gasteiger partial charge in [-0.05, 0) is 30.8 Å². The van der Waals surface area contributed by atoms with Crippen molar-refractivity contribution in [1.82, 2.24) is 9.88 Å². The predicted molar refractivity (Wildman–Crippen MR) is 108 cm³/mol. The van der Waals surface area contributed by atoms with E-state index in [1.165, 1.54) is 0 Å². The van der Waals surface area contributed by atoms with Crippen LogP contribution in [0, 0.1) is 0 Å². The summed E-state index contributed by atoms with van der Waals surface area (Å²) in [6, 6.07) is 24.3. The Labute approximate surface area is 156 Å². The summed E-state index contributed by atoms with van der Waals surface area (Å²) in [7, 11) is 0. The molecule has 0 aliphatic rings. The molecule has 0 aliphatic carbocycles. The predicted octanol–water partition coefficient (Wildman–Crippen LogP) is 4.79. The Morgan fingerprint density at radius 2 is 1.27 bits per heavy atom. The number of pyridine rings is 1. The first kappa shape index (κ1) is 18.3. The van der Waals surface area contributed by atoms with Gasteiger partial charge in [-0.15, -0.1) is 0 Å². The summed E-state index contributed by atoms with van der Waals surface area (Å²) in [5, 5.41) is 10.8. The van der Waals surface area contributed by atoms with E-state index in [-0.39, 0.29) is 0 Å². The topological polar surface area (TPSA) is 36.4 Å². The van der Waals surface area contributed by atoms with Gasteiger partial charge in [0.1, 0.15) is 0 Å². The zero-order chi connectivity index (χ0) is 18.4. The van der Waals surface area contributed by atoms with Crippen LogP contribution < -0.4 is 0 Å². The summed E-state index contributed by atoms with van der Waals surface area (Å²) in [6.45, 7) is 6.71. The number of aliphatic hydroxyl groups is 1. The van der Waals surface area contributed by atoms with Crippen molar-refractivity contribution in [1.29, 1.82) is 0 Å². The van der Waals surface area contributed by atoms with Gasteiger partial charge in [-0.2, -0.15) is 0 Å². The first-order chi connectivity index (χ1) is 12.7. The molecular weight excluding hydrogens is 320 g/mol. The minimum Gasteiger partial charge on any atom is -0.387 e. The lowest BCUT2D eigenvalue weighted by atomic mass is 10.0. The molecule has 0 fully saturated rings. The van der Waals surface area contributed by atoms with Gasteiger partial charge in [-0.3, -0.25) is 0 Å². The average molecular weight is 346 g/mol. The van der Waals surface area contributed by atoms with E-state index < -0.39 is 6.10 Å². The molecule has 3 rings (SSSR count). The van der Waals surface area contributed by atoms with Crippen molar-refractivity contribution in [3.05, 3.63) is 78.4 Å². The normalized spacial score (nSPS) is 12.3. The molecule has 0 spiro atoms. The Morgan fingerprint density at radius 1 is 0.808 bits per heavy atom. The molecule has 0 aliphatic heterocycles. The number of hydrogen-bond donors (Lipinski definition) is 1. The van der Waals surface area contributed by atoms with Crippen LogP contribution in [0.4, 0.5) is 0 Å². The maximum atomic E-state index is 10.8. The highest BCUT2D eigenvalue weighted by molar-refractivity contribution is 5.67. The van der Waals surface area contributed by atoms with E-state index in [0.717, 1.165) is 41.2 Å². The van der Waals surface area contributed by atoms with Crippen molar-refractivity contribution in [2.45, 2.75) is 20.0 Å². The van der Waals surface area contributed by atoms with Gasteiger partial charge in [0.15, 0.2) is 0 Å². The molecule has 0 saturated heterocycles. The lowest BCUT2D eigenvalue weighted by Crippen LogP contribution is -2.28. The second-order valence-corrected chi connectivity index (χ2v) is 6.40. The molecule has 1 heterocycles. The van der Waals surface area contributed by atoms with E-state index in [0.29, 0.717) is 6.54 Å². The molecule has 1 N–H and O–H groups in total. The zero-order valence-electron chi connectivity index (χ0n) is 15.5. The monoisotopic (exact) mass is 346 g/mol. The molecule has 3 heteroatoms. The number of benzene rings is 2. The summed E-state index contributed by atoms with van der Waals surface area (Å²) in [4.78, 5) is 7.08. The number of aliphatic hydroxyl groups excluding tert-OH is 1. The molecule has 0 radical (unpaired) electrons. The molecule has 3 nitrogen and oxygen atoms in total. The molecule has 1 aromatic heterocycles. The minimum atomic E-state index is -0.539. The highest BCUT2D eigenvalue weighted by Gasteiger charge is 2.15. The average Bonchev–Trinajstić information content (AvgIpc) is 2.72. The first-order valence-electron chi connectivity index (χ1n) is 9.24. The van der Waals surface area contributed by atoms with Crippen molar-refractivity contribution in [2.75, 3.05) is 19.6 Å². The maximum absolute atomic E-state index is 10.8. The van der Waals surface area contributed by atoms with Crippen molar-refractivity contribution >= 4 is 0 Å². The fourth-order valence-electron chi connectivity index (χ4n) is 3.09. The van der Waals surface area contributed by atoms with Crippen LogP contribution in [0.3, 0.4) is 0 Å². The number of hydrogen-bond acceptors (Lipinski definition) is 3. The molecule has 1 unspecified atom stereocenters. The van der Waals surface area contributed by atoms with Gasteiger partial charge >= 0.3 is 0 Å². The van der Waals surface area contributed by atoms with Crippen LogP contribution in [0.25, 0.3) is 22.5 Å². The second-order valence-electron chi connectivity index (χ2n) is 6.40. The number of nitrogens with zero attached hydrogens (tertiary/aromatic N) is 2. The fourth-order valence-corrected chi connectivity index (χ4v) is 3.09. The van der Waals surface area contributed by atoms with Gasteiger partial charge in [0.25, 0.3) is 0 Å². The van der Waals surface area contributed by atoms with E-state index in [9.17, 15) is 5.11 Å². The van der Waals surface area contributed by atoms with Crippen LogP contribution >= 0.6 is 0 Å². The Bertz CT molecular complexity index is 756. The Kier molecular flexibility index (Phi) is 6.16. The van der Waals surface area contributed by atoms with Crippen LogP contribution in [-0.2, 0) is 0 Å². The molecule has 3 aromatic rings. The Hall–Kier alpha value is -2.49. The highest BCUT2D eigenvalue weighted by Crippen LogP contribution is 2.27. The summed E-state index contributed by atoms with van der Waals surface area (Å²) in [5.74, 6) is 0. The van der Waals surface area contributed by atoms with Gasteiger partial charge in [-0.1, -0.05) is 74.5 Å². The van der Waals surface area contributed by atoms with E-state index in [1.54, 1.807) is 0 Å². The van der Waals surface area contributed by atoms with Gasteiger partial charge in [0.2, 0.25) is 0 Å². The maximum Gasteiger partial charge on any atom is 0.0918 e. The van der Waals surface area contributed by atoms with Gasteiger partial charge in [-0.25, -0.2) is 4.98 Å². The SMILES string of the molecule is CCN(CC)CC(O)c1cc(-c2ccccc2)nc(-c2ccccc2)c1. The number of likely N-dealkylation sites (N-methyl/N-ethyl adjacent to an activating group) is 1. The minimum absolute atomic E-state index is 0.539. The first-order valence-corrected chi connectivity index (χ1v) is 9.24. The van der Waals surface area contributed by atoms with Crippen LogP contribution in [0.15, 0.2) is 72.8 Å². The standard InChI is InChI=1S/C23H26N2O/c1-3-25(4-2)17-23(26)20-15-21(18-11-7-5-8-12-18)24-22(16-20)19-13-9-6-10-14-19/h5-16,23,26H,3-4,17H2,1-2H3. The quantitative estimate of drug-likeness (QED) is 0.668. The fraction of sp³-hybridized carbons (Fsp3) is 0.261. The van der Waals surface area contributed by atoms with E-state index >= 15 is 0 Å². The number of rotatable bonds is 7. The Morgan fingerprint density at radius 3 is 1.69 bits per heavy atom.